The van der Waals surface area contributed by atoms with Gasteiger partial charge in [-0.2, -0.15) is 0 Å². The Morgan fingerprint density at radius 3 is 1.65 bits per heavy atom. The lowest BCUT2D eigenvalue weighted by Gasteiger charge is -2.26. The van der Waals surface area contributed by atoms with Gasteiger partial charge in [-0.05, 0) is 71.0 Å². The maximum Gasteiger partial charge on any atom is 0.408 e. The molecule has 0 radical (unpaired) electrons. The van der Waals surface area contributed by atoms with Crippen LogP contribution < -0.4 is 16.0 Å². The molecule has 0 aliphatic carbocycles. The minimum Gasteiger partial charge on any atom is -0.508 e. The van der Waals surface area contributed by atoms with Crippen LogP contribution in [0.15, 0.2) is 95.6 Å². The van der Waals surface area contributed by atoms with Crippen LogP contribution in [0.3, 0.4) is 0 Å². The monoisotopic (exact) mass is 671 g/mol. The van der Waals surface area contributed by atoms with Crippen LogP contribution in [-0.4, -0.2) is 57.1 Å². The van der Waals surface area contributed by atoms with E-state index in [2.05, 4.69) is 16.0 Å². The number of aliphatic hydroxyl groups excluding tert-OH is 1. The van der Waals surface area contributed by atoms with E-state index in [1.165, 1.54) is 36.6 Å². The molecule has 0 saturated carbocycles. The number of carbonyl (C=O) groups excluding carboxylic acids is 4. The average Bonchev–Trinajstić information content (AvgIpc) is 3.63. The molecule has 4 aromatic rings. The van der Waals surface area contributed by atoms with Gasteiger partial charge in [0.25, 0.3) is 0 Å². The zero-order chi connectivity index (χ0) is 35.3. The van der Waals surface area contributed by atoms with E-state index in [1.807, 2.05) is 13.8 Å². The standard InChI is InChI=1S/C37H41N3O9/c1-23(2)18-30(34(44)33-4-3-17-48-33)38-35(45)31(19-24-9-13-28(42)14-10-24)39-36(46)32(20-25-11-15-29(43)16-12-25)40-37(47)49-22-27-7-5-26(21-41)6-8-27/h3-17,23,30-32,41-43H,18-22H2,1-2H3,(H,38,45)(H,39,46)(H,40,47)/t30-,31-,32-/m0/s1. The molecular weight excluding hydrogens is 630 g/mol. The summed E-state index contributed by atoms with van der Waals surface area (Å²) >= 11 is 0. The second kappa shape index (κ2) is 17.5. The lowest BCUT2D eigenvalue weighted by atomic mass is 9.97. The number of carbonyl (C=O) groups is 4. The summed E-state index contributed by atoms with van der Waals surface area (Å²) in [7, 11) is 0. The van der Waals surface area contributed by atoms with Crippen molar-refractivity contribution in [2.75, 3.05) is 0 Å². The van der Waals surface area contributed by atoms with Gasteiger partial charge in [0.2, 0.25) is 17.6 Å². The molecule has 258 valence electrons. The Kier molecular flexibility index (Phi) is 12.9. The number of amides is 3. The smallest absolute Gasteiger partial charge is 0.408 e. The summed E-state index contributed by atoms with van der Waals surface area (Å²) in [4.78, 5) is 53.9. The first-order chi connectivity index (χ1) is 23.5. The SMILES string of the molecule is CC(C)C[C@H](NC(=O)[C@H](Cc1ccc(O)cc1)NC(=O)[C@H](Cc1ccc(O)cc1)NC(=O)OCc1ccc(CO)cc1)C(=O)c1ccco1. The third-order valence-corrected chi connectivity index (χ3v) is 7.67. The van der Waals surface area contributed by atoms with Crippen LogP contribution in [0.1, 0.15) is 53.1 Å². The molecule has 4 rings (SSSR count). The van der Waals surface area contributed by atoms with Crippen LogP contribution in [0.25, 0.3) is 0 Å². The van der Waals surface area contributed by atoms with Crippen LogP contribution in [0.2, 0.25) is 0 Å². The number of benzene rings is 3. The lowest BCUT2D eigenvalue weighted by Crippen LogP contribution is -2.57. The third-order valence-electron chi connectivity index (χ3n) is 7.67. The number of Topliss-reactive ketones (excluding diaryl/α,β-unsaturated/α-hetero) is 1. The maximum absolute atomic E-state index is 13.9. The summed E-state index contributed by atoms with van der Waals surface area (Å²) in [5, 5.41) is 36.9. The number of rotatable bonds is 16. The van der Waals surface area contributed by atoms with Gasteiger partial charge in [0.05, 0.1) is 18.9 Å². The molecule has 0 aliphatic heterocycles. The van der Waals surface area contributed by atoms with E-state index < -0.39 is 41.8 Å². The number of hydrogen-bond donors (Lipinski definition) is 6. The molecule has 0 saturated heterocycles. The van der Waals surface area contributed by atoms with Crippen LogP contribution in [0.4, 0.5) is 4.79 Å². The van der Waals surface area contributed by atoms with E-state index in [-0.39, 0.29) is 49.2 Å². The highest BCUT2D eigenvalue weighted by molar-refractivity contribution is 6.01. The van der Waals surface area contributed by atoms with Gasteiger partial charge in [0, 0.05) is 12.8 Å². The summed E-state index contributed by atoms with van der Waals surface area (Å²) in [6.07, 6.45) is 0.791. The van der Waals surface area contributed by atoms with E-state index >= 15 is 0 Å². The normalized spacial score (nSPS) is 12.8. The molecule has 0 bridgehead atoms. The first-order valence-electron chi connectivity index (χ1n) is 15.9. The van der Waals surface area contributed by atoms with Crippen molar-refractivity contribution < 1.29 is 43.7 Å². The van der Waals surface area contributed by atoms with Gasteiger partial charge in [-0.25, -0.2) is 4.79 Å². The van der Waals surface area contributed by atoms with Crippen molar-refractivity contribution >= 4 is 23.7 Å². The molecule has 3 amide bonds. The Bertz CT molecular complexity index is 1670. The maximum atomic E-state index is 13.9. The quantitative estimate of drug-likeness (QED) is 0.0951. The topological polar surface area (TPSA) is 187 Å². The van der Waals surface area contributed by atoms with Crippen LogP contribution in [-0.2, 0) is 40.4 Å². The fourth-order valence-corrected chi connectivity index (χ4v) is 5.07. The van der Waals surface area contributed by atoms with Crippen molar-refractivity contribution in [1.29, 1.82) is 0 Å². The number of phenols is 2. The number of furan rings is 1. The molecule has 12 heteroatoms. The van der Waals surface area contributed by atoms with E-state index in [0.717, 1.165) is 0 Å². The van der Waals surface area contributed by atoms with Crippen LogP contribution in [0.5, 0.6) is 11.5 Å². The number of alkyl carbamates (subject to hydrolysis) is 1. The number of ether oxygens (including phenoxy) is 1. The van der Waals surface area contributed by atoms with Crippen molar-refractivity contribution in [3.63, 3.8) is 0 Å². The minimum absolute atomic E-state index is 0.00139. The zero-order valence-corrected chi connectivity index (χ0v) is 27.3. The van der Waals surface area contributed by atoms with Crippen molar-refractivity contribution in [2.45, 2.75) is 64.4 Å². The molecule has 6 N–H and O–H groups in total. The van der Waals surface area contributed by atoms with Gasteiger partial charge >= 0.3 is 6.09 Å². The molecule has 1 heterocycles. The largest absolute Gasteiger partial charge is 0.508 e. The van der Waals surface area contributed by atoms with Crippen molar-refractivity contribution in [1.82, 2.24) is 16.0 Å². The van der Waals surface area contributed by atoms with Gasteiger partial charge in [0.15, 0.2) is 5.76 Å². The number of ketones is 1. The van der Waals surface area contributed by atoms with Gasteiger partial charge in [-0.15, -0.1) is 0 Å². The van der Waals surface area contributed by atoms with Crippen LogP contribution in [0, 0.1) is 5.92 Å². The fraction of sp³-hybridized carbons (Fsp3) is 0.297. The molecule has 0 unspecified atom stereocenters. The fourth-order valence-electron chi connectivity index (χ4n) is 5.07. The highest BCUT2D eigenvalue weighted by Gasteiger charge is 2.31. The molecule has 49 heavy (non-hydrogen) atoms. The number of aliphatic hydroxyl groups is 1. The third kappa shape index (κ3) is 11.2. The number of hydrogen-bond acceptors (Lipinski definition) is 9. The molecule has 0 fully saturated rings. The molecule has 12 nitrogen and oxygen atoms in total. The first kappa shape index (κ1) is 36.2. The Morgan fingerprint density at radius 2 is 1.16 bits per heavy atom. The number of nitrogens with one attached hydrogen (secondary N) is 3. The molecule has 1 aromatic heterocycles. The predicted molar refractivity (Wildman–Crippen MR) is 179 cm³/mol. The summed E-state index contributed by atoms with van der Waals surface area (Å²) in [6, 6.07) is 18.8. The molecule has 0 spiro atoms. The van der Waals surface area contributed by atoms with Crippen molar-refractivity contribution in [3.8, 4) is 11.5 Å². The Balaban J connectivity index is 1.55. The lowest BCUT2D eigenvalue weighted by molar-refractivity contribution is -0.130. The Hall–Kier alpha value is -5.62. The molecule has 3 atom stereocenters. The van der Waals surface area contributed by atoms with Crippen molar-refractivity contribution in [3.05, 3.63) is 119 Å². The average molecular weight is 672 g/mol. The first-order valence-corrected chi connectivity index (χ1v) is 15.9. The Morgan fingerprint density at radius 1 is 0.673 bits per heavy atom. The molecule has 3 aromatic carbocycles. The summed E-state index contributed by atoms with van der Waals surface area (Å²) in [6.45, 7) is 3.60. The summed E-state index contributed by atoms with van der Waals surface area (Å²) in [5.74, 6) is -1.58. The number of phenolic OH excluding ortho intramolecular Hbond substituents is 2. The number of aromatic hydroxyl groups is 2. The highest BCUT2D eigenvalue weighted by atomic mass is 16.5. The van der Waals surface area contributed by atoms with Gasteiger partial charge in [-0.3, -0.25) is 14.4 Å². The summed E-state index contributed by atoms with van der Waals surface area (Å²) < 4.78 is 10.7. The van der Waals surface area contributed by atoms with E-state index in [0.29, 0.717) is 28.7 Å². The highest BCUT2D eigenvalue weighted by Crippen LogP contribution is 2.16. The van der Waals surface area contributed by atoms with Gasteiger partial charge < -0.3 is 40.4 Å². The second-order valence-electron chi connectivity index (χ2n) is 12.1. The summed E-state index contributed by atoms with van der Waals surface area (Å²) in [5.41, 5.74) is 2.59. The second-order valence-corrected chi connectivity index (χ2v) is 12.1. The molecular formula is C37H41N3O9. The van der Waals surface area contributed by atoms with E-state index in [4.69, 9.17) is 9.15 Å². The van der Waals surface area contributed by atoms with Gasteiger partial charge in [0.1, 0.15) is 30.2 Å². The van der Waals surface area contributed by atoms with Crippen molar-refractivity contribution in [2.24, 2.45) is 5.92 Å². The minimum atomic E-state index is -1.21. The van der Waals surface area contributed by atoms with E-state index in [1.54, 1.807) is 54.6 Å². The van der Waals surface area contributed by atoms with Gasteiger partial charge in [-0.1, -0.05) is 62.4 Å². The zero-order valence-electron chi connectivity index (χ0n) is 27.3. The Labute approximate surface area is 284 Å². The predicted octanol–water partition coefficient (Wildman–Crippen LogP) is 4.16. The van der Waals surface area contributed by atoms with E-state index in [9.17, 15) is 34.5 Å². The van der Waals surface area contributed by atoms with Crippen LogP contribution >= 0.6 is 0 Å². The molecule has 0 aliphatic rings.